The summed E-state index contributed by atoms with van der Waals surface area (Å²) in [5, 5.41) is 10.4. The Morgan fingerprint density at radius 2 is 2.31 bits per heavy atom. The quantitative estimate of drug-likeness (QED) is 0.852. The summed E-state index contributed by atoms with van der Waals surface area (Å²) in [7, 11) is 0. The van der Waals surface area contributed by atoms with Gasteiger partial charge in [-0.2, -0.15) is 0 Å². The minimum absolute atomic E-state index is 0.411. The summed E-state index contributed by atoms with van der Waals surface area (Å²) in [6.45, 7) is 4.30. The molecule has 0 aromatic carbocycles. The third kappa shape index (κ3) is 3.14. The summed E-state index contributed by atoms with van der Waals surface area (Å²) < 4.78 is 0. The number of hydrogen-bond acceptors (Lipinski definition) is 4. The van der Waals surface area contributed by atoms with Gasteiger partial charge in [0.05, 0.1) is 23.7 Å². The van der Waals surface area contributed by atoms with E-state index in [0.717, 1.165) is 31.6 Å². The molecule has 0 bridgehead atoms. The molecule has 0 radical (unpaired) electrons. The van der Waals surface area contributed by atoms with Crippen molar-refractivity contribution < 1.29 is 5.11 Å². The average Bonchev–Trinajstić information content (AvgIpc) is 2.20. The van der Waals surface area contributed by atoms with Crippen molar-refractivity contribution in [1.82, 2.24) is 14.9 Å². The smallest absolute Gasteiger partial charge is 0.147 e. The van der Waals surface area contributed by atoms with Crippen LogP contribution in [0.15, 0.2) is 12.4 Å². The second kappa shape index (κ2) is 4.65. The maximum Gasteiger partial charge on any atom is 0.147 e. The summed E-state index contributed by atoms with van der Waals surface area (Å²) in [5.41, 5.74) is 0.320. The van der Waals surface area contributed by atoms with Crippen LogP contribution in [0.5, 0.6) is 0 Å². The first kappa shape index (κ1) is 11.8. The Kier molecular flexibility index (Phi) is 3.42. The number of aliphatic hydroxyl groups is 1. The average molecular weight is 242 g/mol. The van der Waals surface area contributed by atoms with Crippen molar-refractivity contribution in [1.29, 1.82) is 0 Å². The number of piperidine rings is 1. The molecule has 1 fully saturated rings. The van der Waals surface area contributed by atoms with E-state index >= 15 is 0 Å². The third-order valence-corrected chi connectivity index (χ3v) is 3.01. The minimum atomic E-state index is -0.571. The molecule has 1 N–H and O–H groups in total. The SMILES string of the molecule is CC1(O)CCCN(Cc2cnc(Cl)cn2)C1. The number of nitrogens with zero attached hydrogens (tertiary/aromatic N) is 3. The van der Waals surface area contributed by atoms with E-state index in [0.29, 0.717) is 11.7 Å². The summed E-state index contributed by atoms with van der Waals surface area (Å²) in [6.07, 6.45) is 5.13. The maximum atomic E-state index is 9.97. The fourth-order valence-corrected chi connectivity index (χ4v) is 2.21. The molecule has 0 saturated carbocycles. The molecule has 1 aromatic rings. The number of β-amino-alcohol motifs (C(OH)–C–C–N with tert-alkyl or cyclic N) is 1. The summed E-state index contributed by atoms with van der Waals surface area (Å²) in [6, 6.07) is 0. The lowest BCUT2D eigenvalue weighted by molar-refractivity contribution is -0.0185. The topological polar surface area (TPSA) is 49.2 Å². The van der Waals surface area contributed by atoms with E-state index in [1.165, 1.54) is 0 Å². The van der Waals surface area contributed by atoms with E-state index < -0.39 is 5.60 Å². The molecule has 1 saturated heterocycles. The zero-order valence-corrected chi connectivity index (χ0v) is 10.1. The lowest BCUT2D eigenvalue weighted by atomic mass is 9.95. The molecule has 1 aliphatic rings. The van der Waals surface area contributed by atoms with Crippen LogP contribution in [0.25, 0.3) is 0 Å². The highest BCUT2D eigenvalue weighted by Crippen LogP contribution is 2.21. The van der Waals surface area contributed by atoms with Crippen LogP contribution in [0.3, 0.4) is 0 Å². The van der Waals surface area contributed by atoms with Crippen LogP contribution in [0.2, 0.25) is 5.15 Å². The summed E-state index contributed by atoms with van der Waals surface area (Å²) >= 11 is 5.67. The van der Waals surface area contributed by atoms with E-state index in [1.807, 2.05) is 6.92 Å². The molecule has 0 amide bonds. The molecule has 16 heavy (non-hydrogen) atoms. The predicted octanol–water partition coefficient (Wildman–Crippen LogP) is 1.48. The van der Waals surface area contributed by atoms with Gasteiger partial charge in [0.1, 0.15) is 5.15 Å². The number of hydrogen-bond donors (Lipinski definition) is 1. The minimum Gasteiger partial charge on any atom is -0.389 e. The van der Waals surface area contributed by atoms with Crippen molar-refractivity contribution in [3.63, 3.8) is 0 Å². The molecular weight excluding hydrogens is 226 g/mol. The van der Waals surface area contributed by atoms with E-state index in [1.54, 1.807) is 12.4 Å². The molecule has 5 heteroatoms. The molecule has 4 nitrogen and oxygen atoms in total. The monoisotopic (exact) mass is 241 g/mol. The van der Waals surface area contributed by atoms with Crippen molar-refractivity contribution in [3.05, 3.63) is 23.2 Å². The largest absolute Gasteiger partial charge is 0.389 e. The van der Waals surface area contributed by atoms with Gasteiger partial charge in [-0.25, -0.2) is 4.98 Å². The van der Waals surface area contributed by atoms with Crippen LogP contribution < -0.4 is 0 Å². The third-order valence-electron chi connectivity index (χ3n) is 2.81. The molecule has 1 unspecified atom stereocenters. The van der Waals surface area contributed by atoms with E-state index in [9.17, 15) is 5.11 Å². The van der Waals surface area contributed by atoms with Crippen molar-refractivity contribution >= 4 is 11.6 Å². The zero-order chi connectivity index (χ0) is 11.6. The highest BCUT2D eigenvalue weighted by atomic mass is 35.5. The van der Waals surface area contributed by atoms with Crippen LogP contribution in [-0.2, 0) is 6.54 Å². The lowest BCUT2D eigenvalue weighted by Crippen LogP contribution is -2.45. The Bertz CT molecular complexity index is 353. The van der Waals surface area contributed by atoms with Crippen molar-refractivity contribution in [2.45, 2.75) is 31.9 Å². The Morgan fingerprint density at radius 3 is 2.94 bits per heavy atom. The van der Waals surface area contributed by atoms with Gasteiger partial charge in [-0.15, -0.1) is 0 Å². The standard InChI is InChI=1S/C11H16ClN3O/c1-11(16)3-2-4-15(8-11)7-9-5-14-10(12)6-13-9/h5-6,16H,2-4,7-8H2,1H3. The highest BCUT2D eigenvalue weighted by molar-refractivity contribution is 6.29. The van der Waals surface area contributed by atoms with E-state index in [4.69, 9.17) is 11.6 Å². The first-order chi connectivity index (χ1) is 7.55. The molecule has 0 aliphatic carbocycles. The Hall–Kier alpha value is -0.710. The fraction of sp³-hybridized carbons (Fsp3) is 0.636. The van der Waals surface area contributed by atoms with Crippen molar-refractivity contribution in [3.8, 4) is 0 Å². The number of rotatable bonds is 2. The van der Waals surface area contributed by atoms with Crippen molar-refractivity contribution in [2.75, 3.05) is 13.1 Å². The van der Waals surface area contributed by atoms with Crippen LogP contribution in [0, 0.1) is 0 Å². The molecule has 1 atom stereocenters. The fourth-order valence-electron chi connectivity index (χ4n) is 2.11. The van der Waals surface area contributed by atoms with Crippen LogP contribution in [0.4, 0.5) is 0 Å². The second-order valence-electron chi connectivity index (χ2n) is 4.64. The normalized spacial score (nSPS) is 26.9. The maximum absolute atomic E-state index is 9.97. The lowest BCUT2D eigenvalue weighted by Gasteiger charge is -2.36. The summed E-state index contributed by atoms with van der Waals surface area (Å²) in [5.74, 6) is 0. The zero-order valence-electron chi connectivity index (χ0n) is 9.36. The number of likely N-dealkylation sites (tertiary alicyclic amines) is 1. The predicted molar refractivity (Wildman–Crippen MR) is 62.2 cm³/mol. The highest BCUT2D eigenvalue weighted by Gasteiger charge is 2.28. The van der Waals surface area contributed by atoms with Crippen LogP contribution in [-0.4, -0.2) is 38.7 Å². The summed E-state index contributed by atoms with van der Waals surface area (Å²) in [4.78, 5) is 10.4. The molecule has 0 spiro atoms. The first-order valence-electron chi connectivity index (χ1n) is 5.46. The number of aromatic nitrogens is 2. The van der Waals surface area contributed by atoms with Crippen molar-refractivity contribution in [2.24, 2.45) is 0 Å². The second-order valence-corrected chi connectivity index (χ2v) is 5.03. The Balaban J connectivity index is 1.97. The van der Waals surface area contributed by atoms with E-state index in [2.05, 4.69) is 14.9 Å². The van der Waals surface area contributed by atoms with Gasteiger partial charge < -0.3 is 5.11 Å². The first-order valence-corrected chi connectivity index (χ1v) is 5.84. The number of halogens is 1. The van der Waals surface area contributed by atoms with Crippen LogP contribution in [0.1, 0.15) is 25.5 Å². The Morgan fingerprint density at radius 1 is 1.50 bits per heavy atom. The molecule has 2 heterocycles. The van der Waals surface area contributed by atoms with Gasteiger partial charge in [0, 0.05) is 13.1 Å². The van der Waals surface area contributed by atoms with Gasteiger partial charge in [0.2, 0.25) is 0 Å². The molecular formula is C11H16ClN3O. The van der Waals surface area contributed by atoms with Gasteiger partial charge in [0.15, 0.2) is 0 Å². The molecule has 2 rings (SSSR count). The molecule has 1 aromatic heterocycles. The molecule has 1 aliphatic heterocycles. The Labute approximate surface area is 100 Å². The van der Waals surface area contributed by atoms with E-state index in [-0.39, 0.29) is 0 Å². The van der Waals surface area contributed by atoms with Gasteiger partial charge >= 0.3 is 0 Å². The van der Waals surface area contributed by atoms with Gasteiger partial charge in [-0.1, -0.05) is 11.6 Å². The molecule has 88 valence electrons. The van der Waals surface area contributed by atoms with Gasteiger partial charge in [-0.3, -0.25) is 9.88 Å². The van der Waals surface area contributed by atoms with Crippen LogP contribution >= 0.6 is 11.6 Å². The van der Waals surface area contributed by atoms with Gasteiger partial charge in [0.25, 0.3) is 0 Å². The van der Waals surface area contributed by atoms with Gasteiger partial charge in [-0.05, 0) is 26.3 Å².